The maximum Gasteiger partial charge on any atom is 0.326 e. The molecule has 0 unspecified atom stereocenters. The molecule has 2 saturated carbocycles. The summed E-state index contributed by atoms with van der Waals surface area (Å²) in [5.41, 5.74) is 1.47. The van der Waals surface area contributed by atoms with Gasteiger partial charge in [-0.15, -0.1) is 0 Å². The first-order valence-corrected chi connectivity index (χ1v) is 10.2. The van der Waals surface area contributed by atoms with Crippen LogP contribution in [0.15, 0.2) is 11.9 Å². The zero-order valence-electron chi connectivity index (χ0n) is 16.7. The quantitative estimate of drug-likeness (QED) is 0.355. The molecule has 1 saturated heterocycles. The van der Waals surface area contributed by atoms with Crippen LogP contribution in [0.4, 0.5) is 16.7 Å². The molecular weight excluding hydrogens is 388 g/mol. The van der Waals surface area contributed by atoms with Crippen molar-refractivity contribution in [2.75, 3.05) is 30.4 Å². The number of hydrogen-bond donors (Lipinski definition) is 4. The van der Waals surface area contributed by atoms with E-state index < -0.39 is 11.9 Å². The van der Waals surface area contributed by atoms with Crippen LogP contribution in [0.5, 0.6) is 0 Å². The van der Waals surface area contributed by atoms with Gasteiger partial charge in [0.25, 0.3) is 5.91 Å². The molecule has 0 spiro atoms. The summed E-state index contributed by atoms with van der Waals surface area (Å²) in [4.78, 5) is 32.5. The Hall–Kier alpha value is -3.21. The van der Waals surface area contributed by atoms with Crippen LogP contribution in [0.2, 0.25) is 0 Å². The van der Waals surface area contributed by atoms with Crippen LogP contribution in [0.1, 0.15) is 38.2 Å². The van der Waals surface area contributed by atoms with Crippen LogP contribution < -0.4 is 21.3 Å². The molecule has 0 bridgehead atoms. The van der Waals surface area contributed by atoms with E-state index in [0.717, 1.165) is 38.8 Å². The number of fused-ring (bicyclic) bond motifs is 1. The number of carbonyl (C=O) groups is 2. The lowest BCUT2D eigenvalue weighted by Crippen LogP contribution is -2.23. The van der Waals surface area contributed by atoms with Crippen molar-refractivity contribution < 1.29 is 14.3 Å². The van der Waals surface area contributed by atoms with Gasteiger partial charge in [-0.05, 0) is 38.7 Å². The maximum absolute atomic E-state index is 11.9. The average Bonchev–Trinajstić information content (AvgIpc) is 3.63. The Balaban J connectivity index is 1.44. The van der Waals surface area contributed by atoms with E-state index in [2.05, 4.69) is 36.3 Å². The van der Waals surface area contributed by atoms with E-state index in [-0.39, 0.29) is 11.1 Å². The van der Waals surface area contributed by atoms with E-state index >= 15 is 0 Å². The van der Waals surface area contributed by atoms with Gasteiger partial charge in [0.1, 0.15) is 5.70 Å². The number of urea groups is 1. The van der Waals surface area contributed by atoms with E-state index in [1.807, 2.05) is 6.92 Å². The van der Waals surface area contributed by atoms with Gasteiger partial charge < -0.3 is 20.7 Å². The highest BCUT2D eigenvalue weighted by Crippen LogP contribution is 2.45. The number of rotatable bonds is 9. The molecule has 3 heterocycles. The van der Waals surface area contributed by atoms with Crippen molar-refractivity contribution >= 4 is 35.6 Å². The summed E-state index contributed by atoms with van der Waals surface area (Å²) in [6, 6.07) is -0.158. The molecule has 3 amide bonds. The second-order valence-electron chi connectivity index (χ2n) is 8.08. The molecule has 5 rings (SSSR count). The summed E-state index contributed by atoms with van der Waals surface area (Å²) in [5.74, 6) is 0.618. The minimum absolute atomic E-state index is 0.146. The highest BCUT2D eigenvalue weighted by Gasteiger charge is 2.42. The molecule has 11 nitrogen and oxygen atoms in total. The standard InChI is InChI=1S/C19H24N8O3/c1-2-30-10-19(5-6-19)9-20-16-24-14-11(7-13-15(28)25-18(29)23-13)8-21-27(14)17(26-16)22-12-3-4-12/h7-8,12H,2-6,9-10H2,1H3,(H2,20,22,24,26)(H2,23,25,28,29)/b13-7-. The first kappa shape index (κ1) is 18.8. The molecule has 1 aliphatic heterocycles. The van der Waals surface area contributed by atoms with Crippen molar-refractivity contribution in [1.82, 2.24) is 30.2 Å². The van der Waals surface area contributed by atoms with Crippen molar-refractivity contribution in [3.05, 3.63) is 17.5 Å². The minimum atomic E-state index is -0.542. The third-order valence-electron chi connectivity index (χ3n) is 5.52. The molecule has 3 aliphatic rings. The second kappa shape index (κ2) is 7.24. The van der Waals surface area contributed by atoms with Crippen LogP contribution in [-0.2, 0) is 9.53 Å². The van der Waals surface area contributed by atoms with E-state index in [1.165, 1.54) is 0 Å². The molecule has 158 valence electrons. The van der Waals surface area contributed by atoms with E-state index in [9.17, 15) is 9.59 Å². The lowest BCUT2D eigenvalue weighted by Gasteiger charge is -2.16. The number of nitrogens with zero attached hydrogens (tertiary/aromatic N) is 4. The average molecular weight is 412 g/mol. The summed E-state index contributed by atoms with van der Waals surface area (Å²) >= 11 is 0. The fraction of sp³-hybridized carbons (Fsp3) is 0.526. The summed E-state index contributed by atoms with van der Waals surface area (Å²) in [6.45, 7) is 4.16. The van der Waals surface area contributed by atoms with E-state index in [4.69, 9.17) is 4.74 Å². The number of anilines is 2. The third kappa shape index (κ3) is 3.80. The van der Waals surface area contributed by atoms with Gasteiger partial charge in [0.15, 0.2) is 5.65 Å². The molecular formula is C19H24N8O3. The fourth-order valence-corrected chi connectivity index (χ4v) is 3.35. The molecule has 2 aromatic heterocycles. The van der Waals surface area contributed by atoms with Crippen LogP contribution in [0.3, 0.4) is 0 Å². The molecule has 30 heavy (non-hydrogen) atoms. The van der Waals surface area contributed by atoms with Crippen molar-refractivity contribution in [3.63, 3.8) is 0 Å². The highest BCUT2D eigenvalue weighted by atomic mass is 16.5. The van der Waals surface area contributed by atoms with Gasteiger partial charge >= 0.3 is 6.03 Å². The molecule has 0 radical (unpaired) electrons. The zero-order valence-corrected chi connectivity index (χ0v) is 16.7. The summed E-state index contributed by atoms with van der Waals surface area (Å²) in [6.07, 6.45) is 7.60. The van der Waals surface area contributed by atoms with Crippen molar-refractivity contribution in [1.29, 1.82) is 0 Å². The number of aromatic nitrogens is 4. The Morgan fingerprint density at radius 1 is 1.30 bits per heavy atom. The van der Waals surface area contributed by atoms with Gasteiger partial charge in [-0.3, -0.25) is 10.1 Å². The van der Waals surface area contributed by atoms with Crippen LogP contribution in [0.25, 0.3) is 11.7 Å². The number of nitrogens with one attached hydrogen (secondary N) is 4. The number of carbonyl (C=O) groups excluding carboxylic acids is 2. The Kier molecular flexibility index (Phi) is 4.54. The van der Waals surface area contributed by atoms with E-state index in [0.29, 0.717) is 35.8 Å². The fourth-order valence-electron chi connectivity index (χ4n) is 3.35. The summed E-state index contributed by atoms with van der Waals surface area (Å²) in [5, 5.41) is 15.8. The monoisotopic (exact) mass is 412 g/mol. The SMILES string of the molecule is CCOCC1(CNc2nc(NC3CC3)n3ncc(/C=C4\NC(=O)NC4=O)c3n2)CC1. The first-order chi connectivity index (χ1) is 14.5. The number of hydrogen-bond acceptors (Lipinski definition) is 8. The minimum Gasteiger partial charge on any atom is -0.381 e. The number of ether oxygens (including phenoxy) is 1. The van der Waals surface area contributed by atoms with E-state index in [1.54, 1.807) is 16.8 Å². The molecule has 3 fully saturated rings. The molecule has 2 aliphatic carbocycles. The highest BCUT2D eigenvalue weighted by molar-refractivity contribution is 6.14. The topological polar surface area (TPSA) is 135 Å². The van der Waals surface area contributed by atoms with Gasteiger partial charge in [0.2, 0.25) is 11.9 Å². The van der Waals surface area contributed by atoms with Crippen LogP contribution in [0, 0.1) is 5.41 Å². The number of imide groups is 1. The normalized spacial score (nSPS) is 21.0. The van der Waals surface area contributed by atoms with Gasteiger partial charge in [-0.1, -0.05) is 0 Å². The molecule has 4 N–H and O–H groups in total. The third-order valence-corrected chi connectivity index (χ3v) is 5.52. The molecule has 0 atom stereocenters. The van der Waals surface area contributed by atoms with Gasteiger partial charge in [-0.2, -0.15) is 19.6 Å². The largest absolute Gasteiger partial charge is 0.381 e. The summed E-state index contributed by atoms with van der Waals surface area (Å²) < 4.78 is 7.24. The Bertz CT molecular complexity index is 1040. The molecule has 11 heteroatoms. The smallest absolute Gasteiger partial charge is 0.326 e. The second-order valence-corrected chi connectivity index (χ2v) is 8.08. The lowest BCUT2D eigenvalue weighted by molar-refractivity contribution is -0.115. The Morgan fingerprint density at radius 2 is 2.13 bits per heavy atom. The molecule has 2 aromatic rings. The predicted octanol–water partition coefficient (Wildman–Crippen LogP) is 1.11. The Morgan fingerprint density at radius 3 is 2.80 bits per heavy atom. The first-order valence-electron chi connectivity index (χ1n) is 10.2. The van der Waals surface area contributed by atoms with Crippen molar-refractivity contribution in [3.8, 4) is 0 Å². The van der Waals surface area contributed by atoms with Crippen molar-refractivity contribution in [2.45, 2.75) is 38.6 Å². The zero-order chi connectivity index (χ0) is 20.7. The molecule has 0 aromatic carbocycles. The van der Waals surface area contributed by atoms with Crippen LogP contribution >= 0.6 is 0 Å². The van der Waals surface area contributed by atoms with Gasteiger partial charge in [0, 0.05) is 30.2 Å². The Labute approximate surface area is 172 Å². The summed E-state index contributed by atoms with van der Waals surface area (Å²) in [7, 11) is 0. The van der Waals surface area contributed by atoms with Crippen LogP contribution in [-0.4, -0.2) is 57.3 Å². The van der Waals surface area contributed by atoms with Crippen molar-refractivity contribution in [2.24, 2.45) is 5.41 Å². The van der Waals surface area contributed by atoms with Gasteiger partial charge in [-0.25, -0.2) is 4.79 Å². The predicted molar refractivity (Wildman–Crippen MR) is 109 cm³/mol. The number of amides is 3. The maximum atomic E-state index is 11.9. The lowest BCUT2D eigenvalue weighted by atomic mass is 10.1. The van der Waals surface area contributed by atoms with Gasteiger partial charge in [0.05, 0.1) is 12.8 Å².